The topological polar surface area (TPSA) is 69.9 Å². The summed E-state index contributed by atoms with van der Waals surface area (Å²) < 4.78 is 13.1. The summed E-state index contributed by atoms with van der Waals surface area (Å²) in [5.74, 6) is 0.904. The highest BCUT2D eigenvalue weighted by atomic mass is 32.1. The Bertz CT molecular complexity index is 1600. The molecule has 0 saturated heterocycles. The molecule has 0 spiro atoms. The van der Waals surface area contributed by atoms with Crippen LogP contribution in [-0.4, -0.2) is 17.6 Å². The van der Waals surface area contributed by atoms with Crippen LogP contribution in [0.15, 0.2) is 106 Å². The van der Waals surface area contributed by atoms with Gasteiger partial charge in [-0.05, 0) is 48.4 Å². The van der Waals surface area contributed by atoms with Crippen LogP contribution in [-0.2, 0) is 9.53 Å². The van der Waals surface area contributed by atoms with Crippen LogP contribution in [0.3, 0.4) is 0 Å². The lowest BCUT2D eigenvalue weighted by Crippen LogP contribution is -2.39. The van der Waals surface area contributed by atoms with Crippen LogP contribution in [0, 0.1) is 0 Å². The van der Waals surface area contributed by atoms with E-state index in [4.69, 9.17) is 9.47 Å². The standard InChI is InChI=1S/C28H22N2O4S/c1-18-24(27(32)33-2)25(20-11-5-3-6-12-20)30-26(31)23(35-28(30)29-18)17-19-10-9-15-22(16-19)34-21-13-7-4-8-14-21/h3-17,25H,1-2H3. The molecule has 1 aliphatic rings. The Morgan fingerprint density at radius 2 is 1.66 bits per heavy atom. The molecule has 1 aliphatic heterocycles. The number of thiazole rings is 1. The number of fused-ring (bicyclic) bond motifs is 1. The van der Waals surface area contributed by atoms with Crippen LogP contribution in [0.25, 0.3) is 6.08 Å². The summed E-state index contributed by atoms with van der Waals surface area (Å²) in [6.07, 6.45) is 1.82. The highest BCUT2D eigenvalue weighted by Gasteiger charge is 2.32. The molecule has 0 aliphatic carbocycles. The molecule has 174 valence electrons. The van der Waals surface area contributed by atoms with E-state index in [1.165, 1.54) is 18.4 Å². The first kappa shape index (κ1) is 22.6. The molecule has 1 atom stereocenters. The predicted molar refractivity (Wildman–Crippen MR) is 135 cm³/mol. The van der Waals surface area contributed by atoms with Gasteiger partial charge in [0.2, 0.25) is 0 Å². The van der Waals surface area contributed by atoms with Crippen LogP contribution < -0.4 is 19.6 Å². The van der Waals surface area contributed by atoms with Gasteiger partial charge in [-0.15, -0.1) is 0 Å². The second kappa shape index (κ2) is 9.56. The number of allylic oxidation sites excluding steroid dienone is 1. The second-order valence-electron chi connectivity index (χ2n) is 7.97. The van der Waals surface area contributed by atoms with E-state index in [9.17, 15) is 9.59 Å². The van der Waals surface area contributed by atoms with Gasteiger partial charge in [0, 0.05) is 0 Å². The molecular formula is C28H22N2O4S. The Labute approximate surface area is 205 Å². The molecule has 0 fully saturated rings. The third-order valence-electron chi connectivity index (χ3n) is 5.68. The summed E-state index contributed by atoms with van der Waals surface area (Å²) in [5, 5.41) is 0. The summed E-state index contributed by atoms with van der Waals surface area (Å²) in [7, 11) is 1.33. The fourth-order valence-electron chi connectivity index (χ4n) is 4.09. The number of methoxy groups -OCH3 is 1. The quantitative estimate of drug-likeness (QED) is 0.400. The number of benzene rings is 3. The van der Waals surface area contributed by atoms with E-state index in [1.54, 1.807) is 11.5 Å². The third kappa shape index (κ3) is 4.46. The van der Waals surface area contributed by atoms with Crippen molar-refractivity contribution in [3.8, 4) is 11.5 Å². The fraction of sp³-hybridized carbons (Fsp3) is 0.107. The van der Waals surface area contributed by atoms with Crippen molar-refractivity contribution in [2.24, 2.45) is 4.99 Å². The smallest absolute Gasteiger partial charge is 0.338 e. The first-order chi connectivity index (χ1) is 17.0. The highest BCUT2D eigenvalue weighted by Crippen LogP contribution is 2.30. The lowest BCUT2D eigenvalue weighted by Gasteiger charge is -2.24. The van der Waals surface area contributed by atoms with E-state index in [2.05, 4.69) is 4.99 Å². The van der Waals surface area contributed by atoms with Gasteiger partial charge in [-0.25, -0.2) is 9.79 Å². The summed E-state index contributed by atoms with van der Waals surface area (Å²) >= 11 is 1.29. The zero-order chi connectivity index (χ0) is 24.4. The van der Waals surface area contributed by atoms with Gasteiger partial charge in [-0.2, -0.15) is 0 Å². The van der Waals surface area contributed by atoms with Crippen molar-refractivity contribution >= 4 is 23.4 Å². The van der Waals surface area contributed by atoms with E-state index in [0.29, 0.717) is 26.4 Å². The Kier molecular flexibility index (Phi) is 6.16. The summed E-state index contributed by atoms with van der Waals surface area (Å²) in [6, 6.07) is 25.9. The maximum Gasteiger partial charge on any atom is 0.338 e. The van der Waals surface area contributed by atoms with Crippen molar-refractivity contribution in [1.82, 2.24) is 4.57 Å². The SMILES string of the molecule is COC(=O)C1=C(C)N=c2sc(=Cc3cccc(Oc4ccccc4)c3)c(=O)n2C1c1ccccc1. The average molecular weight is 483 g/mol. The average Bonchev–Trinajstić information content (AvgIpc) is 3.18. The fourth-order valence-corrected chi connectivity index (χ4v) is 5.13. The third-order valence-corrected chi connectivity index (χ3v) is 6.66. The van der Waals surface area contributed by atoms with Crippen molar-refractivity contribution in [1.29, 1.82) is 0 Å². The molecule has 0 N–H and O–H groups in total. The van der Waals surface area contributed by atoms with Gasteiger partial charge in [-0.1, -0.05) is 72.0 Å². The molecule has 5 rings (SSSR count). The summed E-state index contributed by atoms with van der Waals surface area (Å²) in [4.78, 5) is 31.4. The Hall–Kier alpha value is -4.23. The van der Waals surface area contributed by atoms with Crippen molar-refractivity contribution in [2.45, 2.75) is 13.0 Å². The zero-order valence-corrected chi connectivity index (χ0v) is 20.0. The zero-order valence-electron chi connectivity index (χ0n) is 19.2. The van der Waals surface area contributed by atoms with Gasteiger partial charge in [-0.3, -0.25) is 9.36 Å². The highest BCUT2D eigenvalue weighted by molar-refractivity contribution is 7.07. The van der Waals surface area contributed by atoms with Crippen LogP contribution in [0.5, 0.6) is 11.5 Å². The Morgan fingerprint density at radius 1 is 0.971 bits per heavy atom. The molecular weight excluding hydrogens is 460 g/mol. The number of carbonyl (C=O) groups excluding carboxylic acids is 1. The minimum Gasteiger partial charge on any atom is -0.466 e. The van der Waals surface area contributed by atoms with Crippen LogP contribution in [0.4, 0.5) is 0 Å². The molecule has 1 aromatic heterocycles. The number of nitrogens with zero attached hydrogens (tertiary/aromatic N) is 2. The lowest BCUT2D eigenvalue weighted by molar-refractivity contribution is -0.136. The molecule has 4 aromatic rings. The maximum atomic E-state index is 13.6. The number of carbonyl (C=O) groups is 1. The van der Waals surface area contributed by atoms with Crippen LogP contribution in [0.1, 0.15) is 24.1 Å². The lowest BCUT2D eigenvalue weighted by atomic mass is 9.96. The maximum absolute atomic E-state index is 13.6. The summed E-state index contributed by atoms with van der Waals surface area (Å²) in [6.45, 7) is 1.77. The largest absolute Gasteiger partial charge is 0.466 e. The molecule has 0 bridgehead atoms. The van der Waals surface area contributed by atoms with E-state index in [1.807, 2.05) is 91.0 Å². The Balaban J connectivity index is 1.61. The number of hydrogen-bond donors (Lipinski definition) is 0. The first-order valence-electron chi connectivity index (χ1n) is 11.0. The Morgan fingerprint density at radius 3 is 2.37 bits per heavy atom. The molecule has 3 aromatic carbocycles. The summed E-state index contributed by atoms with van der Waals surface area (Å²) in [5.41, 5.74) is 2.32. The number of rotatable bonds is 5. The van der Waals surface area contributed by atoms with Crippen molar-refractivity contribution < 1.29 is 14.3 Å². The number of esters is 1. The van der Waals surface area contributed by atoms with Crippen molar-refractivity contribution in [2.75, 3.05) is 7.11 Å². The van der Waals surface area contributed by atoms with Crippen molar-refractivity contribution in [3.63, 3.8) is 0 Å². The van der Waals surface area contributed by atoms with Gasteiger partial charge in [0.1, 0.15) is 11.5 Å². The second-order valence-corrected chi connectivity index (χ2v) is 8.98. The van der Waals surface area contributed by atoms with Gasteiger partial charge in [0.15, 0.2) is 4.80 Å². The first-order valence-corrected chi connectivity index (χ1v) is 11.9. The normalized spacial score (nSPS) is 15.4. The molecule has 0 amide bonds. The molecule has 6 nitrogen and oxygen atoms in total. The minimum atomic E-state index is -0.616. The number of hydrogen-bond acceptors (Lipinski definition) is 6. The van der Waals surface area contributed by atoms with Gasteiger partial charge in [0.05, 0.1) is 29.0 Å². The van der Waals surface area contributed by atoms with Gasteiger partial charge < -0.3 is 9.47 Å². The molecule has 0 radical (unpaired) electrons. The van der Waals surface area contributed by atoms with Gasteiger partial charge >= 0.3 is 5.97 Å². The number of para-hydroxylation sites is 1. The molecule has 2 heterocycles. The van der Waals surface area contributed by atoms with E-state index in [0.717, 1.165) is 16.9 Å². The number of ether oxygens (including phenoxy) is 2. The van der Waals surface area contributed by atoms with Gasteiger partial charge in [0.25, 0.3) is 5.56 Å². The van der Waals surface area contributed by atoms with E-state index >= 15 is 0 Å². The van der Waals surface area contributed by atoms with Crippen LogP contribution >= 0.6 is 11.3 Å². The molecule has 35 heavy (non-hydrogen) atoms. The molecule has 1 unspecified atom stereocenters. The monoisotopic (exact) mass is 482 g/mol. The molecule has 7 heteroatoms. The van der Waals surface area contributed by atoms with E-state index in [-0.39, 0.29) is 5.56 Å². The number of aromatic nitrogens is 1. The van der Waals surface area contributed by atoms with Crippen LogP contribution in [0.2, 0.25) is 0 Å². The predicted octanol–water partition coefficient (Wildman–Crippen LogP) is 4.20. The van der Waals surface area contributed by atoms with E-state index < -0.39 is 12.0 Å². The molecule has 0 saturated carbocycles. The van der Waals surface area contributed by atoms with Crippen molar-refractivity contribution in [3.05, 3.63) is 127 Å². The minimum absolute atomic E-state index is 0.217.